The van der Waals surface area contributed by atoms with E-state index in [-0.39, 0.29) is 23.9 Å². The van der Waals surface area contributed by atoms with E-state index in [0.29, 0.717) is 11.4 Å². The van der Waals surface area contributed by atoms with Crippen LogP contribution in [0.4, 0.5) is 5.69 Å². The monoisotopic (exact) mass is 354 g/mol. The number of para-hydroxylation sites is 2. The van der Waals surface area contributed by atoms with Gasteiger partial charge in [-0.05, 0) is 75.3 Å². The number of amides is 2. The van der Waals surface area contributed by atoms with Gasteiger partial charge < -0.3 is 10.1 Å². The number of fused-ring (bicyclic) bond motifs is 1. The topological polar surface area (TPSA) is 58.6 Å². The molecule has 1 aromatic rings. The summed E-state index contributed by atoms with van der Waals surface area (Å²) in [5.41, 5.74) is 0.669. The second kappa shape index (κ2) is 5.73. The number of carbonyl (C=O) groups is 2. The van der Waals surface area contributed by atoms with Gasteiger partial charge in [0.2, 0.25) is 5.91 Å². The summed E-state index contributed by atoms with van der Waals surface area (Å²) in [6, 6.07) is 7.45. The fraction of sp³-hybridized carbons (Fsp3) is 0.619. The highest BCUT2D eigenvalue weighted by Gasteiger charge is 2.51. The van der Waals surface area contributed by atoms with Crippen molar-refractivity contribution in [2.45, 2.75) is 57.1 Å². The Hall–Kier alpha value is -2.04. The zero-order chi connectivity index (χ0) is 17.9. The van der Waals surface area contributed by atoms with Crippen LogP contribution in [0.25, 0.3) is 0 Å². The molecule has 1 N–H and O–H groups in total. The first-order chi connectivity index (χ1) is 12.5. The van der Waals surface area contributed by atoms with E-state index in [1.807, 2.05) is 24.3 Å². The fourth-order valence-corrected chi connectivity index (χ4v) is 6.26. The molecule has 4 saturated carbocycles. The molecule has 1 aliphatic heterocycles. The van der Waals surface area contributed by atoms with Crippen molar-refractivity contribution < 1.29 is 14.3 Å². The number of hydrogen-bond acceptors (Lipinski definition) is 3. The van der Waals surface area contributed by atoms with E-state index in [4.69, 9.17) is 4.74 Å². The second-order valence-electron chi connectivity index (χ2n) is 8.90. The van der Waals surface area contributed by atoms with Crippen LogP contribution in [0, 0.1) is 17.8 Å². The smallest absolute Gasteiger partial charge is 0.268 e. The minimum atomic E-state index is -0.558. The Balaban J connectivity index is 1.34. The van der Waals surface area contributed by atoms with Gasteiger partial charge in [0.15, 0.2) is 6.10 Å². The van der Waals surface area contributed by atoms with Gasteiger partial charge in [-0.25, -0.2) is 0 Å². The van der Waals surface area contributed by atoms with Crippen molar-refractivity contribution in [3.63, 3.8) is 0 Å². The minimum absolute atomic E-state index is 0.0215. The van der Waals surface area contributed by atoms with Crippen LogP contribution in [0.15, 0.2) is 24.3 Å². The molecule has 0 saturated heterocycles. The van der Waals surface area contributed by atoms with Crippen molar-refractivity contribution in [3.8, 4) is 5.75 Å². The number of nitrogens with one attached hydrogen (secondary N) is 1. The van der Waals surface area contributed by atoms with Gasteiger partial charge in [-0.15, -0.1) is 0 Å². The van der Waals surface area contributed by atoms with Crippen molar-refractivity contribution in [2.75, 3.05) is 11.4 Å². The standard InChI is InChI=1S/C21H26N2O3/c1-13-20(25)23(17-4-2-3-5-18(17)26-13)12-19(24)22-21-9-14-6-15(10-21)8-16(7-14)11-21/h2-5,13-16H,6-12H2,1H3,(H,22,24). The van der Waals surface area contributed by atoms with Gasteiger partial charge in [-0.3, -0.25) is 14.5 Å². The maximum Gasteiger partial charge on any atom is 0.268 e. The molecular formula is C21H26N2O3. The van der Waals surface area contributed by atoms with Crippen molar-refractivity contribution in [3.05, 3.63) is 24.3 Å². The number of hydrogen-bond donors (Lipinski definition) is 1. The predicted molar refractivity (Wildman–Crippen MR) is 97.9 cm³/mol. The molecule has 1 atom stereocenters. The number of anilines is 1. The van der Waals surface area contributed by atoms with Crippen LogP contribution in [-0.4, -0.2) is 30.0 Å². The summed E-state index contributed by atoms with van der Waals surface area (Å²) in [6.45, 7) is 1.81. The molecule has 5 heteroatoms. The highest BCUT2D eigenvalue weighted by Crippen LogP contribution is 2.55. The molecule has 5 aliphatic rings. The summed E-state index contributed by atoms with van der Waals surface area (Å²) in [4.78, 5) is 27.1. The normalized spacial score (nSPS) is 37.3. The molecule has 1 unspecified atom stereocenters. The molecule has 0 radical (unpaired) electrons. The number of rotatable bonds is 3. The van der Waals surface area contributed by atoms with Crippen LogP contribution in [-0.2, 0) is 9.59 Å². The summed E-state index contributed by atoms with van der Waals surface area (Å²) >= 11 is 0. The zero-order valence-electron chi connectivity index (χ0n) is 15.2. The van der Waals surface area contributed by atoms with Crippen molar-refractivity contribution in [2.24, 2.45) is 17.8 Å². The molecule has 0 aromatic heterocycles. The molecule has 138 valence electrons. The first-order valence-electron chi connectivity index (χ1n) is 9.89. The lowest BCUT2D eigenvalue weighted by Gasteiger charge is -2.57. The third kappa shape index (κ3) is 2.60. The predicted octanol–water partition coefficient (Wildman–Crippen LogP) is 2.89. The van der Waals surface area contributed by atoms with Gasteiger partial charge in [-0.2, -0.15) is 0 Å². The minimum Gasteiger partial charge on any atom is -0.479 e. The van der Waals surface area contributed by atoms with E-state index in [9.17, 15) is 9.59 Å². The number of benzene rings is 1. The van der Waals surface area contributed by atoms with E-state index in [1.165, 1.54) is 19.3 Å². The Morgan fingerprint density at radius 2 is 1.77 bits per heavy atom. The summed E-state index contributed by atoms with van der Waals surface area (Å²) in [5, 5.41) is 3.36. The van der Waals surface area contributed by atoms with Crippen LogP contribution < -0.4 is 15.0 Å². The Kier molecular flexibility index (Phi) is 3.56. The lowest BCUT2D eigenvalue weighted by Crippen LogP contribution is -2.61. The molecule has 5 nitrogen and oxygen atoms in total. The maximum atomic E-state index is 12.9. The Morgan fingerprint density at radius 1 is 1.15 bits per heavy atom. The van der Waals surface area contributed by atoms with Gasteiger partial charge in [0, 0.05) is 5.54 Å². The first-order valence-corrected chi connectivity index (χ1v) is 9.89. The molecule has 0 spiro atoms. The average Bonchev–Trinajstić information content (AvgIpc) is 2.57. The van der Waals surface area contributed by atoms with Crippen molar-refractivity contribution in [1.29, 1.82) is 0 Å². The van der Waals surface area contributed by atoms with Crippen molar-refractivity contribution in [1.82, 2.24) is 5.32 Å². The maximum absolute atomic E-state index is 12.9. The fourth-order valence-electron chi connectivity index (χ4n) is 6.26. The lowest BCUT2D eigenvalue weighted by molar-refractivity contribution is -0.130. The van der Waals surface area contributed by atoms with E-state index in [0.717, 1.165) is 37.0 Å². The van der Waals surface area contributed by atoms with E-state index < -0.39 is 6.10 Å². The Labute approximate surface area is 154 Å². The molecule has 1 heterocycles. The lowest BCUT2D eigenvalue weighted by atomic mass is 9.53. The van der Waals surface area contributed by atoms with Crippen LogP contribution in [0.5, 0.6) is 5.75 Å². The van der Waals surface area contributed by atoms with Crippen molar-refractivity contribution >= 4 is 17.5 Å². The third-order valence-corrected chi connectivity index (χ3v) is 6.82. The molecule has 2 amide bonds. The SMILES string of the molecule is CC1Oc2ccccc2N(CC(=O)NC23CC4CC(CC(C4)C2)C3)C1=O. The molecule has 4 fully saturated rings. The summed E-state index contributed by atoms with van der Waals surface area (Å²) in [6.07, 6.45) is 6.85. The molecule has 1 aromatic carbocycles. The van der Waals surface area contributed by atoms with E-state index >= 15 is 0 Å². The first kappa shape index (κ1) is 16.2. The van der Waals surface area contributed by atoms with Gasteiger partial charge in [0.1, 0.15) is 12.3 Å². The summed E-state index contributed by atoms with van der Waals surface area (Å²) in [5.74, 6) is 2.84. The van der Waals surface area contributed by atoms with Crippen LogP contribution in [0.2, 0.25) is 0 Å². The number of nitrogens with zero attached hydrogens (tertiary/aromatic N) is 1. The Bertz CT molecular complexity index is 724. The molecule has 26 heavy (non-hydrogen) atoms. The van der Waals surface area contributed by atoms with Crippen LogP contribution in [0.3, 0.4) is 0 Å². The van der Waals surface area contributed by atoms with E-state index in [1.54, 1.807) is 11.8 Å². The summed E-state index contributed by atoms with van der Waals surface area (Å²) in [7, 11) is 0. The van der Waals surface area contributed by atoms with Crippen LogP contribution in [0.1, 0.15) is 45.4 Å². The summed E-state index contributed by atoms with van der Waals surface area (Å²) < 4.78 is 5.67. The second-order valence-corrected chi connectivity index (χ2v) is 8.90. The van der Waals surface area contributed by atoms with E-state index in [2.05, 4.69) is 5.32 Å². The average molecular weight is 354 g/mol. The molecule has 6 rings (SSSR count). The quantitative estimate of drug-likeness (QED) is 0.908. The van der Waals surface area contributed by atoms with Crippen LogP contribution >= 0.6 is 0 Å². The molecule has 4 bridgehead atoms. The highest BCUT2D eigenvalue weighted by atomic mass is 16.5. The number of carbonyl (C=O) groups excluding carboxylic acids is 2. The third-order valence-electron chi connectivity index (χ3n) is 6.82. The van der Waals surface area contributed by atoms with Gasteiger partial charge in [0.05, 0.1) is 5.69 Å². The highest BCUT2D eigenvalue weighted by molar-refractivity contribution is 6.03. The van der Waals surface area contributed by atoms with Gasteiger partial charge >= 0.3 is 0 Å². The Morgan fingerprint density at radius 3 is 2.42 bits per heavy atom. The number of ether oxygens (including phenoxy) is 1. The van der Waals surface area contributed by atoms with Gasteiger partial charge in [-0.1, -0.05) is 12.1 Å². The zero-order valence-corrected chi connectivity index (χ0v) is 15.2. The molecular weight excluding hydrogens is 328 g/mol. The van der Waals surface area contributed by atoms with Gasteiger partial charge in [0.25, 0.3) is 5.91 Å². The molecule has 4 aliphatic carbocycles. The largest absolute Gasteiger partial charge is 0.479 e.